The molecule has 1 aliphatic rings. The smallest absolute Gasteiger partial charge is 0.0931 e. The summed E-state index contributed by atoms with van der Waals surface area (Å²) >= 11 is 0. The van der Waals surface area contributed by atoms with Gasteiger partial charge in [0.1, 0.15) is 0 Å². The third-order valence-electron chi connectivity index (χ3n) is 3.98. The fourth-order valence-electron chi connectivity index (χ4n) is 2.76. The number of aliphatic hydroxyl groups is 1. The van der Waals surface area contributed by atoms with E-state index >= 15 is 0 Å². The van der Waals surface area contributed by atoms with Gasteiger partial charge in [-0.1, -0.05) is 24.3 Å². The number of aliphatic hydroxyl groups excluding tert-OH is 1. The Balaban J connectivity index is 1.76. The number of nitrogens with zero attached hydrogens (tertiary/aromatic N) is 2. The van der Waals surface area contributed by atoms with Crippen molar-refractivity contribution >= 4 is 5.69 Å². The molecule has 1 N–H and O–H groups in total. The molecule has 0 unspecified atom stereocenters. The van der Waals surface area contributed by atoms with Crippen LogP contribution in [0.5, 0.6) is 0 Å². The minimum atomic E-state index is -0.502. The molecule has 2 heterocycles. The van der Waals surface area contributed by atoms with Crippen LogP contribution in [0, 0.1) is 0 Å². The van der Waals surface area contributed by atoms with Gasteiger partial charge in [-0.3, -0.25) is 4.98 Å². The molecule has 2 aromatic rings. The highest BCUT2D eigenvalue weighted by Crippen LogP contribution is 2.21. The van der Waals surface area contributed by atoms with Gasteiger partial charge in [0.25, 0.3) is 0 Å². The van der Waals surface area contributed by atoms with Gasteiger partial charge in [-0.2, -0.15) is 0 Å². The maximum atomic E-state index is 9.51. The van der Waals surface area contributed by atoms with E-state index in [1.54, 1.807) is 6.92 Å². The highest BCUT2D eigenvalue weighted by atomic mass is 16.3. The van der Waals surface area contributed by atoms with Gasteiger partial charge in [0.05, 0.1) is 23.7 Å². The molecule has 1 aromatic heterocycles. The highest BCUT2D eigenvalue weighted by molar-refractivity contribution is 5.46. The molecule has 1 aliphatic heterocycles. The van der Waals surface area contributed by atoms with Crippen LogP contribution >= 0.6 is 0 Å². The van der Waals surface area contributed by atoms with Gasteiger partial charge in [-0.05, 0) is 43.0 Å². The van der Waals surface area contributed by atoms with E-state index in [0.717, 1.165) is 37.3 Å². The maximum absolute atomic E-state index is 9.51. The van der Waals surface area contributed by atoms with Crippen molar-refractivity contribution in [1.82, 2.24) is 4.98 Å². The Bertz CT molecular complexity index is 551. The zero-order chi connectivity index (χ0) is 13.9. The first-order valence-corrected chi connectivity index (χ1v) is 7.20. The van der Waals surface area contributed by atoms with E-state index < -0.39 is 6.10 Å². The minimum absolute atomic E-state index is 0.502. The van der Waals surface area contributed by atoms with Gasteiger partial charge < -0.3 is 10.0 Å². The molecule has 0 spiro atoms. The number of hydrogen-bond donors (Lipinski definition) is 1. The van der Waals surface area contributed by atoms with Crippen LogP contribution in [-0.2, 0) is 12.8 Å². The van der Waals surface area contributed by atoms with Crippen molar-refractivity contribution in [2.45, 2.75) is 25.9 Å². The molecule has 3 heteroatoms. The first-order chi connectivity index (χ1) is 9.74. The quantitative estimate of drug-likeness (QED) is 0.910. The van der Waals surface area contributed by atoms with E-state index in [-0.39, 0.29) is 0 Å². The molecule has 1 aromatic carbocycles. The molecule has 0 fully saturated rings. The molecule has 0 radical (unpaired) electrons. The summed E-state index contributed by atoms with van der Waals surface area (Å²) in [5, 5.41) is 9.51. The van der Waals surface area contributed by atoms with E-state index in [0.29, 0.717) is 0 Å². The Morgan fingerprint density at radius 1 is 1.05 bits per heavy atom. The second kappa shape index (κ2) is 5.63. The topological polar surface area (TPSA) is 36.4 Å². The van der Waals surface area contributed by atoms with Crippen molar-refractivity contribution in [2.75, 3.05) is 18.0 Å². The maximum Gasteiger partial charge on any atom is 0.0931 e. The molecule has 104 valence electrons. The predicted molar refractivity (Wildman–Crippen MR) is 80.9 cm³/mol. The average molecular weight is 268 g/mol. The SMILES string of the molecule is C[C@H](O)c1ccc(N2CCc3ccccc3CC2)cn1. The zero-order valence-electron chi connectivity index (χ0n) is 11.8. The van der Waals surface area contributed by atoms with Gasteiger partial charge in [0, 0.05) is 13.1 Å². The summed E-state index contributed by atoms with van der Waals surface area (Å²) in [5.41, 5.74) is 4.79. The number of aromatic nitrogens is 1. The zero-order valence-corrected chi connectivity index (χ0v) is 11.8. The molecular formula is C17H20N2O. The van der Waals surface area contributed by atoms with Gasteiger partial charge in [0.15, 0.2) is 0 Å². The predicted octanol–water partition coefficient (Wildman–Crippen LogP) is 2.74. The largest absolute Gasteiger partial charge is 0.387 e. The minimum Gasteiger partial charge on any atom is -0.387 e. The lowest BCUT2D eigenvalue weighted by Crippen LogP contribution is -2.26. The monoisotopic (exact) mass is 268 g/mol. The van der Waals surface area contributed by atoms with Gasteiger partial charge in [-0.15, -0.1) is 0 Å². The fraction of sp³-hybridized carbons (Fsp3) is 0.353. The Labute approximate surface area is 119 Å². The number of pyridine rings is 1. The fourth-order valence-corrected chi connectivity index (χ4v) is 2.76. The van der Waals surface area contributed by atoms with Crippen LogP contribution in [0.1, 0.15) is 29.8 Å². The van der Waals surface area contributed by atoms with E-state index in [2.05, 4.69) is 40.2 Å². The normalized spacial score (nSPS) is 16.4. The summed E-state index contributed by atoms with van der Waals surface area (Å²) in [6.07, 6.45) is 3.53. The van der Waals surface area contributed by atoms with Crippen LogP contribution in [-0.4, -0.2) is 23.2 Å². The number of hydrogen-bond acceptors (Lipinski definition) is 3. The molecule has 0 saturated heterocycles. The Morgan fingerprint density at radius 3 is 2.20 bits per heavy atom. The van der Waals surface area contributed by atoms with Crippen molar-refractivity contribution < 1.29 is 5.11 Å². The van der Waals surface area contributed by atoms with Crippen molar-refractivity contribution in [3.05, 3.63) is 59.4 Å². The van der Waals surface area contributed by atoms with Crippen LogP contribution in [0.2, 0.25) is 0 Å². The summed E-state index contributed by atoms with van der Waals surface area (Å²) in [5.74, 6) is 0. The lowest BCUT2D eigenvalue weighted by atomic mass is 10.0. The molecule has 1 atom stereocenters. The third-order valence-corrected chi connectivity index (χ3v) is 3.98. The van der Waals surface area contributed by atoms with Crippen molar-refractivity contribution in [1.29, 1.82) is 0 Å². The first-order valence-electron chi connectivity index (χ1n) is 7.20. The van der Waals surface area contributed by atoms with Crippen LogP contribution in [0.15, 0.2) is 42.6 Å². The molecule has 3 nitrogen and oxygen atoms in total. The number of anilines is 1. The van der Waals surface area contributed by atoms with E-state index in [1.165, 1.54) is 11.1 Å². The van der Waals surface area contributed by atoms with Crippen molar-refractivity contribution in [3.63, 3.8) is 0 Å². The molecule has 0 amide bonds. The summed E-state index contributed by atoms with van der Waals surface area (Å²) in [4.78, 5) is 6.72. The Hall–Kier alpha value is -1.87. The lowest BCUT2D eigenvalue weighted by Gasteiger charge is -2.22. The molecule has 0 bridgehead atoms. The highest BCUT2D eigenvalue weighted by Gasteiger charge is 2.14. The number of fused-ring (bicyclic) bond motifs is 1. The first kappa shape index (κ1) is 13.1. The molecule has 3 rings (SSSR count). The molecule has 0 saturated carbocycles. The van der Waals surface area contributed by atoms with Gasteiger partial charge in [-0.25, -0.2) is 0 Å². The summed E-state index contributed by atoms with van der Waals surface area (Å²) in [6, 6.07) is 12.7. The van der Waals surface area contributed by atoms with Crippen molar-refractivity contribution in [3.8, 4) is 0 Å². The Kier molecular flexibility index (Phi) is 3.70. The Morgan fingerprint density at radius 2 is 1.70 bits per heavy atom. The van der Waals surface area contributed by atoms with E-state index in [4.69, 9.17) is 0 Å². The molecular weight excluding hydrogens is 248 g/mol. The third kappa shape index (κ3) is 2.68. The van der Waals surface area contributed by atoms with E-state index in [1.807, 2.05) is 12.3 Å². The average Bonchev–Trinajstić information content (AvgIpc) is 2.70. The summed E-state index contributed by atoms with van der Waals surface area (Å²) < 4.78 is 0. The van der Waals surface area contributed by atoms with Crippen molar-refractivity contribution in [2.24, 2.45) is 0 Å². The second-order valence-corrected chi connectivity index (χ2v) is 5.37. The second-order valence-electron chi connectivity index (χ2n) is 5.37. The molecule has 0 aliphatic carbocycles. The summed E-state index contributed by atoms with van der Waals surface area (Å²) in [7, 11) is 0. The summed E-state index contributed by atoms with van der Waals surface area (Å²) in [6.45, 7) is 3.78. The van der Waals surface area contributed by atoms with Crippen LogP contribution < -0.4 is 4.90 Å². The molecule has 20 heavy (non-hydrogen) atoms. The van der Waals surface area contributed by atoms with Crippen LogP contribution in [0.4, 0.5) is 5.69 Å². The van der Waals surface area contributed by atoms with Gasteiger partial charge >= 0.3 is 0 Å². The standard InChI is InChI=1S/C17H20N2O/c1-13(20)17-7-6-16(12-18-17)19-10-8-14-4-2-3-5-15(14)9-11-19/h2-7,12-13,20H,8-11H2,1H3/t13-/m0/s1. The number of benzene rings is 1. The number of rotatable bonds is 2. The lowest BCUT2D eigenvalue weighted by molar-refractivity contribution is 0.194. The van der Waals surface area contributed by atoms with Crippen LogP contribution in [0.25, 0.3) is 0 Å². The van der Waals surface area contributed by atoms with E-state index in [9.17, 15) is 5.11 Å². The van der Waals surface area contributed by atoms with Crippen LogP contribution in [0.3, 0.4) is 0 Å². The van der Waals surface area contributed by atoms with Gasteiger partial charge in [0.2, 0.25) is 0 Å².